The molecule has 0 N–H and O–H groups in total. The van der Waals surface area contributed by atoms with Crippen LogP contribution in [0.1, 0.15) is 47.0 Å². The maximum absolute atomic E-state index is 12.1. The van der Waals surface area contributed by atoms with E-state index in [9.17, 15) is 4.79 Å². The lowest BCUT2D eigenvalue weighted by Crippen LogP contribution is -2.38. The number of hydrogen-bond donors (Lipinski definition) is 0. The Morgan fingerprint density at radius 1 is 1.12 bits per heavy atom. The van der Waals surface area contributed by atoms with Crippen molar-refractivity contribution in [2.24, 2.45) is 5.92 Å². The van der Waals surface area contributed by atoms with Gasteiger partial charge in [-0.05, 0) is 19.3 Å². The van der Waals surface area contributed by atoms with Gasteiger partial charge in [-0.15, -0.1) is 0 Å². The number of carbonyl (C=O) groups is 1. The topological polar surface area (TPSA) is 29.5 Å². The highest BCUT2D eigenvalue weighted by atomic mass is 16.5. The monoisotopic (exact) mass is 229 g/mol. The Bertz CT molecular complexity index is 177. The van der Waals surface area contributed by atoms with Gasteiger partial charge in [0.25, 0.3) is 0 Å². The van der Waals surface area contributed by atoms with Crippen molar-refractivity contribution in [2.45, 2.75) is 47.0 Å². The number of ether oxygens (including phenoxy) is 1. The molecule has 3 heteroatoms. The summed E-state index contributed by atoms with van der Waals surface area (Å²) < 4.78 is 5.42. The first kappa shape index (κ1) is 15.4. The van der Waals surface area contributed by atoms with Crippen molar-refractivity contribution in [3.63, 3.8) is 0 Å². The fourth-order valence-corrected chi connectivity index (χ4v) is 1.66. The van der Waals surface area contributed by atoms with Gasteiger partial charge in [0, 0.05) is 19.7 Å². The minimum Gasteiger partial charge on any atom is -0.381 e. The van der Waals surface area contributed by atoms with Crippen molar-refractivity contribution in [2.75, 3.05) is 26.3 Å². The van der Waals surface area contributed by atoms with Gasteiger partial charge in [-0.25, -0.2) is 0 Å². The first-order chi connectivity index (χ1) is 7.67. The van der Waals surface area contributed by atoms with Crippen LogP contribution in [0.5, 0.6) is 0 Å². The summed E-state index contributed by atoms with van der Waals surface area (Å²) in [6.45, 7) is 11.3. The summed E-state index contributed by atoms with van der Waals surface area (Å²) in [5.74, 6) is 0.226. The number of rotatable bonds is 9. The van der Waals surface area contributed by atoms with Crippen LogP contribution in [-0.4, -0.2) is 37.1 Å². The van der Waals surface area contributed by atoms with Crippen LogP contribution >= 0.6 is 0 Å². The molecule has 0 aromatic carbocycles. The molecule has 0 aromatic rings. The molecule has 0 spiro atoms. The third-order valence-electron chi connectivity index (χ3n) is 2.44. The molecular formula is C13H27NO2. The molecule has 0 saturated carbocycles. The molecule has 1 atom stereocenters. The van der Waals surface area contributed by atoms with Crippen LogP contribution in [-0.2, 0) is 9.53 Å². The first-order valence-electron chi connectivity index (χ1n) is 6.53. The second kappa shape index (κ2) is 9.64. The quantitative estimate of drug-likeness (QED) is 0.569. The molecule has 3 nitrogen and oxygen atoms in total. The molecular weight excluding hydrogens is 202 g/mol. The van der Waals surface area contributed by atoms with Crippen molar-refractivity contribution < 1.29 is 9.53 Å². The van der Waals surface area contributed by atoms with Crippen LogP contribution in [0.15, 0.2) is 0 Å². The van der Waals surface area contributed by atoms with E-state index >= 15 is 0 Å². The zero-order chi connectivity index (χ0) is 12.4. The Morgan fingerprint density at radius 3 is 2.12 bits per heavy atom. The Hall–Kier alpha value is -0.570. The molecule has 16 heavy (non-hydrogen) atoms. The van der Waals surface area contributed by atoms with Gasteiger partial charge in [-0.1, -0.05) is 27.7 Å². The van der Waals surface area contributed by atoms with Crippen LogP contribution in [0.3, 0.4) is 0 Å². The molecule has 0 aliphatic rings. The number of carbonyl (C=O) groups excluding carboxylic acids is 1. The van der Waals surface area contributed by atoms with Gasteiger partial charge in [0.2, 0.25) is 5.91 Å². The summed E-state index contributed by atoms with van der Waals surface area (Å²) >= 11 is 0. The second-order valence-corrected chi connectivity index (χ2v) is 4.30. The minimum absolute atomic E-state index is 0.00958. The Morgan fingerprint density at radius 2 is 1.69 bits per heavy atom. The lowest BCUT2D eigenvalue weighted by Gasteiger charge is -2.24. The van der Waals surface area contributed by atoms with Crippen molar-refractivity contribution in [3.05, 3.63) is 0 Å². The molecule has 0 rings (SSSR count). The fraction of sp³-hybridized carbons (Fsp3) is 0.923. The minimum atomic E-state index is -0.00958. The van der Waals surface area contributed by atoms with E-state index in [2.05, 4.69) is 20.8 Å². The molecule has 0 aliphatic carbocycles. The molecule has 96 valence electrons. The van der Waals surface area contributed by atoms with Crippen LogP contribution in [0.25, 0.3) is 0 Å². The Kier molecular flexibility index (Phi) is 9.30. The average Bonchev–Trinajstić information content (AvgIpc) is 2.28. The highest BCUT2D eigenvalue weighted by Crippen LogP contribution is 2.05. The summed E-state index contributed by atoms with van der Waals surface area (Å²) in [6, 6.07) is 0. The zero-order valence-corrected chi connectivity index (χ0v) is 11.3. The molecule has 1 unspecified atom stereocenters. The van der Waals surface area contributed by atoms with Crippen molar-refractivity contribution in [3.8, 4) is 0 Å². The van der Waals surface area contributed by atoms with Gasteiger partial charge < -0.3 is 9.64 Å². The lowest BCUT2D eigenvalue weighted by atomic mass is 10.1. The first-order valence-corrected chi connectivity index (χ1v) is 6.53. The molecule has 1 amide bonds. The Labute approximate surface area is 100 Å². The van der Waals surface area contributed by atoms with Crippen molar-refractivity contribution in [1.82, 2.24) is 4.90 Å². The third-order valence-corrected chi connectivity index (χ3v) is 2.44. The fourth-order valence-electron chi connectivity index (χ4n) is 1.66. The van der Waals surface area contributed by atoms with Crippen LogP contribution in [0, 0.1) is 5.92 Å². The van der Waals surface area contributed by atoms with Crippen molar-refractivity contribution >= 4 is 5.91 Å². The van der Waals surface area contributed by atoms with E-state index in [1.165, 1.54) is 0 Å². The van der Waals surface area contributed by atoms with Gasteiger partial charge in [-0.3, -0.25) is 4.79 Å². The molecule has 0 fully saturated rings. The third kappa shape index (κ3) is 6.11. The summed E-state index contributed by atoms with van der Waals surface area (Å²) in [7, 11) is 0. The second-order valence-electron chi connectivity index (χ2n) is 4.30. The molecule has 0 saturated heterocycles. The maximum atomic E-state index is 12.1. The number of nitrogens with zero attached hydrogens (tertiary/aromatic N) is 1. The van der Waals surface area contributed by atoms with Crippen LogP contribution < -0.4 is 0 Å². The predicted molar refractivity (Wildman–Crippen MR) is 67.4 cm³/mol. The van der Waals surface area contributed by atoms with Gasteiger partial charge >= 0.3 is 0 Å². The van der Waals surface area contributed by atoms with Gasteiger partial charge in [0.05, 0.1) is 12.5 Å². The van der Waals surface area contributed by atoms with E-state index in [0.717, 1.165) is 39.0 Å². The smallest absolute Gasteiger partial charge is 0.227 e. The highest BCUT2D eigenvalue weighted by molar-refractivity contribution is 5.78. The van der Waals surface area contributed by atoms with E-state index in [1.807, 2.05) is 11.8 Å². The van der Waals surface area contributed by atoms with Gasteiger partial charge in [0.15, 0.2) is 0 Å². The molecule has 0 aromatic heterocycles. The summed E-state index contributed by atoms with van der Waals surface area (Å²) in [5, 5.41) is 0. The number of hydrogen-bond acceptors (Lipinski definition) is 2. The summed E-state index contributed by atoms with van der Waals surface area (Å²) in [6.07, 6.45) is 3.05. The van der Waals surface area contributed by atoms with E-state index < -0.39 is 0 Å². The Balaban J connectivity index is 4.03. The molecule has 0 heterocycles. The van der Waals surface area contributed by atoms with E-state index in [4.69, 9.17) is 4.74 Å². The average molecular weight is 229 g/mol. The molecule has 0 aliphatic heterocycles. The summed E-state index contributed by atoms with van der Waals surface area (Å²) in [4.78, 5) is 14.0. The van der Waals surface area contributed by atoms with Crippen LogP contribution in [0.4, 0.5) is 0 Å². The summed E-state index contributed by atoms with van der Waals surface area (Å²) in [5.41, 5.74) is 0. The highest BCUT2D eigenvalue weighted by Gasteiger charge is 2.19. The molecule has 0 bridgehead atoms. The maximum Gasteiger partial charge on any atom is 0.227 e. The number of amides is 1. The van der Waals surface area contributed by atoms with E-state index in [1.54, 1.807) is 0 Å². The van der Waals surface area contributed by atoms with E-state index in [-0.39, 0.29) is 11.8 Å². The normalized spacial score (nSPS) is 12.5. The van der Waals surface area contributed by atoms with Crippen LogP contribution in [0.2, 0.25) is 0 Å². The van der Waals surface area contributed by atoms with Crippen molar-refractivity contribution in [1.29, 1.82) is 0 Å². The standard InChI is InChI=1S/C13H27NO2/c1-5-8-14(9-6-2)13(15)12(4)11-16-10-7-3/h12H,5-11H2,1-4H3. The molecule has 0 radical (unpaired) electrons. The lowest BCUT2D eigenvalue weighted by molar-refractivity contribution is -0.137. The van der Waals surface area contributed by atoms with Gasteiger partial charge in [0.1, 0.15) is 0 Å². The van der Waals surface area contributed by atoms with Gasteiger partial charge in [-0.2, -0.15) is 0 Å². The van der Waals surface area contributed by atoms with E-state index in [0.29, 0.717) is 6.61 Å². The zero-order valence-electron chi connectivity index (χ0n) is 11.3. The predicted octanol–water partition coefficient (Wildman–Crippen LogP) is 2.70. The largest absolute Gasteiger partial charge is 0.381 e. The SMILES string of the molecule is CCCOCC(C)C(=O)N(CCC)CCC.